The van der Waals surface area contributed by atoms with E-state index in [1.165, 1.54) is 6.42 Å². The zero-order valence-electron chi connectivity index (χ0n) is 22.0. The van der Waals surface area contributed by atoms with Crippen molar-refractivity contribution in [2.75, 3.05) is 33.7 Å². The minimum atomic E-state index is -0.496. The Bertz CT molecular complexity index is 1130. The highest BCUT2D eigenvalue weighted by Gasteiger charge is 2.48. The number of nitrogens with zero attached hydrogens (tertiary/aromatic N) is 5. The van der Waals surface area contributed by atoms with E-state index < -0.39 is 5.41 Å². The molecular formula is C28H39N5O3. The third-order valence-corrected chi connectivity index (χ3v) is 9.21. The fraction of sp³-hybridized carbons (Fsp3) is 0.714. The maximum Gasteiger partial charge on any atom is 0.217 e. The van der Waals surface area contributed by atoms with Crippen LogP contribution in [0.3, 0.4) is 0 Å². The number of ether oxygens (including phenoxy) is 1. The molecule has 0 N–H and O–H groups in total. The fourth-order valence-electron chi connectivity index (χ4n) is 7.16. The van der Waals surface area contributed by atoms with Crippen molar-refractivity contribution in [2.24, 2.45) is 0 Å². The van der Waals surface area contributed by atoms with Crippen LogP contribution in [-0.2, 0) is 16.6 Å². The van der Waals surface area contributed by atoms with Crippen LogP contribution in [0.1, 0.15) is 87.6 Å². The summed E-state index contributed by atoms with van der Waals surface area (Å²) in [6.45, 7) is 5.30. The van der Waals surface area contributed by atoms with E-state index in [0.717, 1.165) is 88.0 Å². The summed E-state index contributed by atoms with van der Waals surface area (Å²) >= 11 is 0. The molecule has 8 nitrogen and oxygen atoms in total. The van der Waals surface area contributed by atoms with E-state index in [1.54, 1.807) is 0 Å². The van der Waals surface area contributed by atoms with Gasteiger partial charge < -0.3 is 14.2 Å². The van der Waals surface area contributed by atoms with Crippen LogP contribution in [0.2, 0.25) is 0 Å². The fourth-order valence-corrected chi connectivity index (χ4v) is 7.16. The number of likely N-dealkylation sites (tertiary alicyclic amines) is 2. The van der Waals surface area contributed by atoms with Gasteiger partial charge in [0.25, 0.3) is 0 Å². The van der Waals surface area contributed by atoms with E-state index >= 15 is 0 Å². The number of hydrogen-bond donors (Lipinski definition) is 0. The number of carbonyl (C=O) groups excluding carboxylic acids is 1. The standard InChI is InChI=1S/C28H39N5O3/c1-18(22-9-7-14-33(22)3)35-24-16-21(19-11-15-32(2)17-19)29-27(30-24)25-20-8-6-13-28(26(20)36-31-25)12-5-4-10-23(28)34/h16,18-19,22H,4-15,17H2,1-3H3/t18-,19-,22-,28+/m0/s1. The van der Waals surface area contributed by atoms with Crippen LogP contribution in [0.4, 0.5) is 0 Å². The summed E-state index contributed by atoms with van der Waals surface area (Å²) in [5, 5.41) is 4.52. The normalized spacial score (nSPS) is 30.1. The molecule has 8 heteroatoms. The van der Waals surface area contributed by atoms with Gasteiger partial charge in [-0.05, 0) is 85.5 Å². The van der Waals surface area contributed by atoms with Gasteiger partial charge in [0, 0.05) is 36.6 Å². The number of fused-ring (bicyclic) bond motifs is 2. The molecule has 0 amide bonds. The first-order valence-electron chi connectivity index (χ1n) is 13.9. The zero-order chi connectivity index (χ0) is 24.9. The van der Waals surface area contributed by atoms with Gasteiger partial charge in [0.15, 0.2) is 17.3 Å². The summed E-state index contributed by atoms with van der Waals surface area (Å²) in [5.74, 6) is 2.64. The molecular weight excluding hydrogens is 454 g/mol. The van der Waals surface area contributed by atoms with Gasteiger partial charge in [0.05, 0.1) is 11.1 Å². The van der Waals surface area contributed by atoms with Crippen molar-refractivity contribution in [1.82, 2.24) is 24.9 Å². The van der Waals surface area contributed by atoms with Crippen LogP contribution in [-0.4, -0.2) is 76.6 Å². The van der Waals surface area contributed by atoms with E-state index in [-0.39, 0.29) is 6.10 Å². The van der Waals surface area contributed by atoms with Crippen molar-refractivity contribution in [1.29, 1.82) is 0 Å². The van der Waals surface area contributed by atoms with Crippen molar-refractivity contribution in [2.45, 2.75) is 94.6 Å². The number of hydrogen-bond acceptors (Lipinski definition) is 8. The molecule has 36 heavy (non-hydrogen) atoms. The Morgan fingerprint density at radius 2 is 1.94 bits per heavy atom. The Hall–Kier alpha value is -2.32. The molecule has 4 aliphatic rings. The maximum atomic E-state index is 13.1. The molecule has 3 fully saturated rings. The third kappa shape index (κ3) is 4.16. The number of carbonyl (C=O) groups is 1. The van der Waals surface area contributed by atoms with E-state index in [1.807, 2.05) is 6.07 Å². The van der Waals surface area contributed by atoms with Crippen molar-refractivity contribution in [3.05, 3.63) is 23.1 Å². The number of Topliss-reactive ketones (excluding diaryl/α,β-unsaturated/α-hetero) is 1. The van der Waals surface area contributed by atoms with Gasteiger partial charge in [-0.1, -0.05) is 11.6 Å². The molecule has 2 aromatic heterocycles. The molecule has 0 unspecified atom stereocenters. The van der Waals surface area contributed by atoms with Crippen LogP contribution in [0.5, 0.6) is 5.88 Å². The molecule has 6 rings (SSSR count). The average Bonchev–Trinajstić information content (AvgIpc) is 3.61. The lowest BCUT2D eigenvalue weighted by Gasteiger charge is -2.36. The lowest BCUT2D eigenvalue weighted by molar-refractivity contribution is -0.128. The van der Waals surface area contributed by atoms with Gasteiger partial charge in [-0.25, -0.2) is 4.98 Å². The van der Waals surface area contributed by atoms with Crippen molar-refractivity contribution >= 4 is 5.78 Å². The molecule has 194 valence electrons. The molecule has 4 heterocycles. The summed E-state index contributed by atoms with van der Waals surface area (Å²) in [6, 6.07) is 2.43. The van der Waals surface area contributed by atoms with Crippen molar-refractivity contribution in [3.8, 4) is 17.4 Å². The second-order valence-electron chi connectivity index (χ2n) is 11.6. The van der Waals surface area contributed by atoms with E-state index in [0.29, 0.717) is 41.6 Å². The minimum Gasteiger partial charge on any atom is -0.473 e. The highest BCUT2D eigenvalue weighted by Crippen LogP contribution is 2.47. The average molecular weight is 494 g/mol. The van der Waals surface area contributed by atoms with Gasteiger partial charge in [-0.3, -0.25) is 9.69 Å². The number of ketones is 1. The summed E-state index contributed by atoms with van der Waals surface area (Å²) < 4.78 is 12.5. The van der Waals surface area contributed by atoms with Gasteiger partial charge in [0.1, 0.15) is 11.9 Å². The molecule has 2 saturated heterocycles. The lowest BCUT2D eigenvalue weighted by atomic mass is 9.64. The zero-order valence-corrected chi connectivity index (χ0v) is 22.0. The predicted molar refractivity (Wildman–Crippen MR) is 136 cm³/mol. The van der Waals surface area contributed by atoms with E-state index in [9.17, 15) is 4.79 Å². The first-order valence-corrected chi connectivity index (χ1v) is 13.9. The summed E-state index contributed by atoms with van der Waals surface area (Å²) in [5.41, 5.74) is 2.25. The van der Waals surface area contributed by atoms with E-state index in [4.69, 9.17) is 19.2 Å². The molecule has 0 bridgehead atoms. The van der Waals surface area contributed by atoms with Crippen LogP contribution in [0, 0.1) is 0 Å². The molecule has 2 aliphatic carbocycles. The number of rotatable bonds is 5. The minimum absolute atomic E-state index is 0.0358. The largest absolute Gasteiger partial charge is 0.473 e. The lowest BCUT2D eigenvalue weighted by Crippen LogP contribution is -2.41. The number of likely N-dealkylation sites (N-methyl/N-ethyl adjacent to an activating group) is 2. The molecule has 2 aromatic rings. The SMILES string of the molecule is C[C@H](Oc1cc([C@H]2CCN(C)C2)nc(-c2noc3c2CCC[C@@]32CCCCC2=O)n1)[C@@H]1CCCN1C. The first kappa shape index (κ1) is 24.0. The molecule has 0 radical (unpaired) electrons. The van der Waals surface area contributed by atoms with Crippen LogP contribution >= 0.6 is 0 Å². The molecule has 0 aromatic carbocycles. The second kappa shape index (κ2) is 9.53. The first-order chi connectivity index (χ1) is 17.4. The monoisotopic (exact) mass is 493 g/mol. The van der Waals surface area contributed by atoms with Gasteiger partial charge in [0.2, 0.25) is 5.88 Å². The highest BCUT2D eigenvalue weighted by atomic mass is 16.5. The van der Waals surface area contributed by atoms with Crippen LogP contribution in [0.15, 0.2) is 10.6 Å². The van der Waals surface area contributed by atoms with Crippen LogP contribution < -0.4 is 4.74 Å². The summed E-state index contributed by atoms with van der Waals surface area (Å²) in [6.07, 6.45) is 9.68. The third-order valence-electron chi connectivity index (χ3n) is 9.21. The van der Waals surface area contributed by atoms with Crippen molar-refractivity contribution in [3.63, 3.8) is 0 Å². The van der Waals surface area contributed by atoms with Crippen molar-refractivity contribution < 1.29 is 14.1 Å². The Balaban J connectivity index is 1.38. The Morgan fingerprint density at radius 3 is 2.69 bits per heavy atom. The van der Waals surface area contributed by atoms with Gasteiger partial charge in [-0.15, -0.1) is 0 Å². The molecule has 2 aliphatic heterocycles. The Morgan fingerprint density at radius 1 is 1.08 bits per heavy atom. The maximum absolute atomic E-state index is 13.1. The molecule has 1 saturated carbocycles. The molecule has 4 atom stereocenters. The predicted octanol–water partition coefficient (Wildman–Crippen LogP) is 4.13. The van der Waals surface area contributed by atoms with E-state index in [2.05, 4.69) is 36.0 Å². The van der Waals surface area contributed by atoms with Crippen LogP contribution in [0.25, 0.3) is 11.5 Å². The summed E-state index contributed by atoms with van der Waals surface area (Å²) in [4.78, 5) is 27.8. The molecule has 1 spiro atoms. The van der Waals surface area contributed by atoms with Gasteiger partial charge in [-0.2, -0.15) is 4.98 Å². The number of aromatic nitrogens is 3. The van der Waals surface area contributed by atoms with Gasteiger partial charge >= 0.3 is 0 Å². The highest BCUT2D eigenvalue weighted by molar-refractivity contribution is 5.91. The Kier molecular flexibility index (Phi) is 6.36. The second-order valence-corrected chi connectivity index (χ2v) is 11.6. The smallest absolute Gasteiger partial charge is 0.217 e. The summed E-state index contributed by atoms with van der Waals surface area (Å²) in [7, 11) is 4.33. The Labute approximate surface area is 213 Å². The quantitative estimate of drug-likeness (QED) is 0.615. The topological polar surface area (TPSA) is 84.6 Å².